The summed E-state index contributed by atoms with van der Waals surface area (Å²) in [4.78, 5) is 27.4. The Balaban J connectivity index is 1.94. The molecule has 102 valence electrons. The lowest BCUT2D eigenvalue weighted by Gasteiger charge is -2.03. The quantitative estimate of drug-likeness (QED) is 0.753. The average Bonchev–Trinajstić information content (AvgIpc) is 2.50. The molecular formula is C17H10ClNO2. The van der Waals surface area contributed by atoms with Crippen LogP contribution < -0.4 is 0 Å². The maximum absolute atomic E-state index is 12.2. The molecule has 0 atom stereocenters. The number of hydrogen-bond acceptors (Lipinski definition) is 2. The second-order valence-electron chi connectivity index (χ2n) is 4.59. The number of ketones is 1. The van der Waals surface area contributed by atoms with Gasteiger partial charge >= 0.3 is 0 Å². The van der Waals surface area contributed by atoms with Crippen molar-refractivity contribution < 1.29 is 9.59 Å². The molecule has 0 unspecified atom stereocenters. The number of benzene rings is 2. The van der Waals surface area contributed by atoms with Gasteiger partial charge in [0.25, 0.3) is 5.91 Å². The fraction of sp³-hybridized carbons (Fsp3) is 0. The lowest BCUT2D eigenvalue weighted by atomic mass is 10.1. The molecule has 0 fully saturated rings. The minimum Gasteiger partial charge on any atom is -0.288 e. The number of amides is 1. The summed E-state index contributed by atoms with van der Waals surface area (Å²) in [6.45, 7) is 0. The molecule has 0 heterocycles. The third kappa shape index (κ3) is 2.83. The third-order valence-corrected chi connectivity index (χ3v) is 3.44. The van der Waals surface area contributed by atoms with E-state index in [0.717, 1.165) is 10.8 Å². The van der Waals surface area contributed by atoms with E-state index >= 15 is 0 Å². The van der Waals surface area contributed by atoms with Gasteiger partial charge in [0.1, 0.15) is 0 Å². The average molecular weight is 296 g/mol. The van der Waals surface area contributed by atoms with Crippen molar-refractivity contribution in [3.8, 4) is 0 Å². The van der Waals surface area contributed by atoms with Crippen molar-refractivity contribution in [2.24, 2.45) is 4.99 Å². The highest BCUT2D eigenvalue weighted by atomic mass is 35.5. The zero-order valence-electron chi connectivity index (χ0n) is 10.9. The van der Waals surface area contributed by atoms with E-state index in [0.29, 0.717) is 11.3 Å². The Bertz CT molecular complexity index is 847. The van der Waals surface area contributed by atoms with Crippen molar-refractivity contribution >= 4 is 39.8 Å². The monoisotopic (exact) mass is 295 g/mol. The highest BCUT2D eigenvalue weighted by molar-refractivity contribution is 6.47. The van der Waals surface area contributed by atoms with E-state index in [1.807, 2.05) is 30.3 Å². The van der Waals surface area contributed by atoms with Gasteiger partial charge in [-0.25, -0.2) is 4.99 Å². The van der Waals surface area contributed by atoms with Gasteiger partial charge in [-0.15, -0.1) is 0 Å². The zero-order valence-corrected chi connectivity index (χ0v) is 11.7. The molecule has 3 rings (SSSR count). The summed E-state index contributed by atoms with van der Waals surface area (Å²) in [5, 5.41) is 2.10. The van der Waals surface area contributed by atoms with Crippen LogP contribution in [0.3, 0.4) is 0 Å². The molecule has 0 radical (unpaired) electrons. The molecule has 0 saturated carbocycles. The summed E-state index contributed by atoms with van der Waals surface area (Å²) in [6.07, 6.45) is 4.17. The summed E-state index contributed by atoms with van der Waals surface area (Å²) in [5.41, 5.74) is 0.869. The van der Waals surface area contributed by atoms with Crippen LogP contribution in [-0.4, -0.2) is 17.4 Å². The van der Waals surface area contributed by atoms with Crippen molar-refractivity contribution in [2.75, 3.05) is 0 Å². The number of allylic oxidation sites excluding steroid dienone is 4. The van der Waals surface area contributed by atoms with Crippen molar-refractivity contribution in [3.63, 3.8) is 0 Å². The summed E-state index contributed by atoms with van der Waals surface area (Å²) in [7, 11) is 0. The van der Waals surface area contributed by atoms with Gasteiger partial charge in [0.2, 0.25) is 0 Å². The van der Waals surface area contributed by atoms with Crippen LogP contribution in [0.5, 0.6) is 0 Å². The van der Waals surface area contributed by atoms with Crippen LogP contribution in [0.25, 0.3) is 10.8 Å². The number of fused-ring (bicyclic) bond motifs is 1. The lowest BCUT2D eigenvalue weighted by molar-refractivity contribution is -0.110. The number of aliphatic imine (C=N–C) groups is 1. The van der Waals surface area contributed by atoms with E-state index in [1.54, 1.807) is 12.1 Å². The van der Waals surface area contributed by atoms with Crippen LogP contribution in [0.4, 0.5) is 0 Å². The third-order valence-electron chi connectivity index (χ3n) is 3.14. The van der Waals surface area contributed by atoms with Crippen molar-refractivity contribution in [1.82, 2.24) is 0 Å². The number of hydrogen-bond donors (Lipinski definition) is 0. The first kappa shape index (κ1) is 13.5. The molecule has 4 heteroatoms. The molecule has 1 aliphatic rings. The molecule has 2 aromatic carbocycles. The molecule has 1 aliphatic carbocycles. The Kier molecular flexibility index (Phi) is 3.50. The number of carbonyl (C=O) groups excluding carboxylic acids is 2. The Labute approximate surface area is 126 Å². The van der Waals surface area contributed by atoms with Crippen molar-refractivity contribution in [3.05, 3.63) is 71.3 Å². The molecule has 0 saturated heterocycles. The summed E-state index contributed by atoms with van der Waals surface area (Å²) in [6, 6.07) is 13.2. The highest BCUT2D eigenvalue weighted by Gasteiger charge is 2.11. The maximum Gasteiger partial charge on any atom is 0.277 e. The first-order chi connectivity index (χ1) is 10.1. The molecule has 2 aromatic rings. The predicted molar refractivity (Wildman–Crippen MR) is 83.8 cm³/mol. The second kappa shape index (κ2) is 5.46. The van der Waals surface area contributed by atoms with E-state index in [1.165, 1.54) is 18.2 Å². The zero-order chi connectivity index (χ0) is 14.8. The van der Waals surface area contributed by atoms with Gasteiger partial charge in [-0.3, -0.25) is 9.59 Å². The molecule has 0 N–H and O–H groups in total. The van der Waals surface area contributed by atoms with Crippen molar-refractivity contribution in [2.45, 2.75) is 0 Å². The second-order valence-corrected chi connectivity index (χ2v) is 5.00. The minimum atomic E-state index is -0.365. The molecular weight excluding hydrogens is 286 g/mol. The Morgan fingerprint density at radius 1 is 1.00 bits per heavy atom. The standard InChI is InChI=1S/C17H10ClNO2/c18-15-10-14(7-8-16(15)20)19-17(21)13-6-5-11-3-1-2-4-12(11)9-13/h1-10H. The van der Waals surface area contributed by atoms with Crippen molar-refractivity contribution in [1.29, 1.82) is 0 Å². The molecule has 1 amide bonds. The Morgan fingerprint density at radius 2 is 1.76 bits per heavy atom. The van der Waals surface area contributed by atoms with Crippen LogP contribution in [0, 0.1) is 0 Å². The van der Waals surface area contributed by atoms with Gasteiger partial charge in [0.05, 0.1) is 10.7 Å². The number of nitrogens with zero attached hydrogens (tertiary/aromatic N) is 1. The molecule has 0 bridgehead atoms. The largest absolute Gasteiger partial charge is 0.288 e. The van der Waals surface area contributed by atoms with Crippen LogP contribution in [0.1, 0.15) is 10.4 Å². The van der Waals surface area contributed by atoms with Gasteiger partial charge in [-0.2, -0.15) is 0 Å². The Morgan fingerprint density at radius 3 is 2.52 bits per heavy atom. The van der Waals surface area contributed by atoms with Gasteiger partial charge in [-0.05, 0) is 41.1 Å². The molecule has 0 aliphatic heterocycles. The fourth-order valence-electron chi connectivity index (χ4n) is 2.06. The van der Waals surface area contributed by atoms with E-state index < -0.39 is 0 Å². The predicted octanol–water partition coefficient (Wildman–Crippen LogP) is 3.68. The van der Waals surface area contributed by atoms with Crippen LogP contribution in [0.15, 0.2) is 70.7 Å². The summed E-state index contributed by atoms with van der Waals surface area (Å²) in [5.74, 6) is -0.649. The topological polar surface area (TPSA) is 46.5 Å². The van der Waals surface area contributed by atoms with E-state index in [9.17, 15) is 9.59 Å². The first-order valence-corrected chi connectivity index (χ1v) is 6.73. The van der Waals surface area contributed by atoms with Crippen LogP contribution in [0.2, 0.25) is 0 Å². The lowest BCUT2D eigenvalue weighted by Crippen LogP contribution is -2.06. The minimum absolute atomic E-state index is 0.0579. The SMILES string of the molecule is O=C1C=CC(=NC(=O)c2ccc3ccccc3c2)C=C1Cl. The highest BCUT2D eigenvalue weighted by Crippen LogP contribution is 2.17. The van der Waals surface area contributed by atoms with E-state index in [4.69, 9.17) is 11.6 Å². The van der Waals surface area contributed by atoms with E-state index in [2.05, 4.69) is 4.99 Å². The summed E-state index contributed by atoms with van der Waals surface area (Å²) < 4.78 is 0. The number of carbonyl (C=O) groups is 2. The van der Waals surface area contributed by atoms with Gasteiger partial charge < -0.3 is 0 Å². The summed E-state index contributed by atoms with van der Waals surface area (Å²) >= 11 is 5.74. The molecule has 21 heavy (non-hydrogen) atoms. The number of halogens is 1. The van der Waals surface area contributed by atoms with Gasteiger partial charge in [0.15, 0.2) is 5.78 Å². The molecule has 0 spiro atoms. The number of rotatable bonds is 1. The van der Waals surface area contributed by atoms with Crippen LogP contribution in [-0.2, 0) is 4.79 Å². The fourth-order valence-corrected chi connectivity index (χ4v) is 2.24. The Hall–Kier alpha value is -2.52. The molecule has 3 nitrogen and oxygen atoms in total. The molecule has 0 aromatic heterocycles. The smallest absolute Gasteiger partial charge is 0.277 e. The first-order valence-electron chi connectivity index (χ1n) is 6.35. The normalized spacial score (nSPS) is 16.3. The van der Waals surface area contributed by atoms with Gasteiger partial charge in [0, 0.05) is 5.56 Å². The maximum atomic E-state index is 12.2. The van der Waals surface area contributed by atoms with E-state index in [-0.39, 0.29) is 16.7 Å². The van der Waals surface area contributed by atoms with Crippen LogP contribution >= 0.6 is 11.6 Å². The van der Waals surface area contributed by atoms with Gasteiger partial charge in [-0.1, -0.05) is 41.9 Å².